The summed E-state index contributed by atoms with van der Waals surface area (Å²) >= 11 is 0. The van der Waals surface area contributed by atoms with Gasteiger partial charge in [-0.3, -0.25) is 4.55 Å². The SMILES string of the molecule is CCC[N+](C)(C)CC[N+]1(C(F)(F)C(F)(F)S(=O)(=O)O)C(=O)CCC1C. The predicted molar refractivity (Wildman–Crippen MR) is 82.4 cm³/mol. The fraction of sp³-hybridized carbons (Fsp3) is 0.929. The van der Waals surface area contributed by atoms with Gasteiger partial charge >= 0.3 is 27.3 Å². The zero-order chi connectivity index (χ0) is 19.9. The van der Waals surface area contributed by atoms with Crippen molar-refractivity contribution in [1.82, 2.24) is 0 Å². The Balaban J connectivity index is 3.42. The molecule has 1 N–H and O–H groups in total. The first-order valence-electron chi connectivity index (χ1n) is 8.02. The number of amides is 1. The Morgan fingerprint density at radius 2 is 1.76 bits per heavy atom. The third-order valence-corrected chi connectivity index (χ3v) is 5.93. The summed E-state index contributed by atoms with van der Waals surface area (Å²) < 4.78 is 86.2. The number of nitrogens with zero attached hydrogens (tertiary/aromatic N) is 2. The molecule has 11 heteroatoms. The normalized spacial score (nSPS) is 26.3. The number of quaternary nitrogens is 2. The maximum Gasteiger partial charge on any atom is 0.491 e. The second kappa shape index (κ2) is 6.75. The molecular formula is C14H26F4N2O4S+2. The Morgan fingerprint density at radius 1 is 1.24 bits per heavy atom. The lowest BCUT2D eigenvalue weighted by Gasteiger charge is -2.44. The van der Waals surface area contributed by atoms with E-state index in [1.165, 1.54) is 6.92 Å². The maximum atomic E-state index is 14.8. The first-order chi connectivity index (χ1) is 11.1. The fourth-order valence-corrected chi connectivity index (χ4v) is 3.92. The average Bonchev–Trinajstić information content (AvgIpc) is 2.72. The molecule has 25 heavy (non-hydrogen) atoms. The Labute approximate surface area is 145 Å². The van der Waals surface area contributed by atoms with Crippen molar-refractivity contribution in [2.24, 2.45) is 0 Å². The van der Waals surface area contributed by atoms with Crippen LogP contribution in [0.1, 0.15) is 33.1 Å². The fourth-order valence-electron chi connectivity index (χ4n) is 3.45. The van der Waals surface area contributed by atoms with Gasteiger partial charge in [-0.2, -0.15) is 21.7 Å². The molecule has 0 bridgehead atoms. The number of hydrogen-bond acceptors (Lipinski definition) is 3. The maximum absolute atomic E-state index is 14.8. The van der Waals surface area contributed by atoms with Gasteiger partial charge in [0.1, 0.15) is 13.1 Å². The molecule has 2 atom stereocenters. The van der Waals surface area contributed by atoms with Crippen LogP contribution in [0.2, 0.25) is 0 Å². The molecule has 0 aromatic rings. The monoisotopic (exact) mass is 394 g/mol. The number of likely N-dealkylation sites (N-methyl/N-ethyl adjacent to an activating group) is 1. The van der Waals surface area contributed by atoms with Gasteiger partial charge < -0.3 is 4.48 Å². The summed E-state index contributed by atoms with van der Waals surface area (Å²) in [7, 11) is -2.98. The molecule has 1 saturated heterocycles. The van der Waals surface area contributed by atoms with Gasteiger partial charge in [-0.15, -0.1) is 8.78 Å². The molecule has 1 aliphatic rings. The van der Waals surface area contributed by atoms with Crippen LogP contribution in [0.25, 0.3) is 0 Å². The highest BCUT2D eigenvalue weighted by Crippen LogP contribution is 2.50. The molecule has 0 aliphatic carbocycles. The van der Waals surface area contributed by atoms with Crippen molar-refractivity contribution in [2.45, 2.75) is 50.5 Å². The second-order valence-corrected chi connectivity index (χ2v) is 8.75. The molecule has 2 unspecified atom stereocenters. The van der Waals surface area contributed by atoms with E-state index in [0.717, 1.165) is 0 Å². The van der Waals surface area contributed by atoms with Gasteiger partial charge in [0.05, 0.1) is 33.1 Å². The lowest BCUT2D eigenvalue weighted by atomic mass is 10.2. The summed E-state index contributed by atoms with van der Waals surface area (Å²) in [5.74, 6) is -1.14. The van der Waals surface area contributed by atoms with Gasteiger partial charge in [-0.05, 0) is 13.3 Å². The van der Waals surface area contributed by atoms with Gasteiger partial charge in [0, 0.05) is 6.42 Å². The van der Waals surface area contributed by atoms with E-state index in [1.807, 2.05) is 6.92 Å². The van der Waals surface area contributed by atoms with Crippen molar-refractivity contribution in [1.29, 1.82) is 0 Å². The number of halogens is 4. The molecule has 1 rings (SSSR count). The lowest BCUT2D eigenvalue weighted by molar-refractivity contribution is -0.990. The highest BCUT2D eigenvalue weighted by atomic mass is 32.2. The first-order valence-corrected chi connectivity index (χ1v) is 9.46. The molecular weight excluding hydrogens is 368 g/mol. The molecule has 1 aliphatic heterocycles. The summed E-state index contributed by atoms with van der Waals surface area (Å²) in [6.45, 7) is 2.99. The molecule has 0 saturated carbocycles. The van der Waals surface area contributed by atoms with E-state index in [9.17, 15) is 30.8 Å². The average molecular weight is 394 g/mol. The van der Waals surface area contributed by atoms with Crippen molar-refractivity contribution in [3.63, 3.8) is 0 Å². The van der Waals surface area contributed by atoms with Crippen LogP contribution in [0, 0.1) is 0 Å². The number of likely N-dealkylation sites (tertiary alicyclic amines) is 1. The third kappa shape index (κ3) is 3.56. The largest absolute Gasteiger partial charge is 0.491 e. The predicted octanol–water partition coefficient (Wildman–Crippen LogP) is 2.07. The van der Waals surface area contributed by atoms with Crippen LogP contribution in [0.3, 0.4) is 0 Å². The minimum Gasteiger partial charge on any atom is -0.324 e. The van der Waals surface area contributed by atoms with Crippen molar-refractivity contribution >= 4 is 16.0 Å². The summed E-state index contributed by atoms with van der Waals surface area (Å²) in [5, 5.41) is -5.77. The quantitative estimate of drug-likeness (QED) is 0.296. The van der Waals surface area contributed by atoms with Crippen LogP contribution in [0.4, 0.5) is 17.6 Å². The van der Waals surface area contributed by atoms with Crippen molar-refractivity contribution < 1.29 is 44.3 Å². The van der Waals surface area contributed by atoms with E-state index in [-0.39, 0.29) is 23.9 Å². The zero-order valence-electron chi connectivity index (χ0n) is 14.8. The van der Waals surface area contributed by atoms with Crippen molar-refractivity contribution in [3.8, 4) is 0 Å². The van der Waals surface area contributed by atoms with E-state index in [2.05, 4.69) is 0 Å². The van der Waals surface area contributed by atoms with E-state index < -0.39 is 44.4 Å². The number of carbonyl (C=O) groups is 1. The van der Waals surface area contributed by atoms with Gasteiger partial charge in [0.25, 0.3) is 0 Å². The van der Waals surface area contributed by atoms with E-state index in [0.29, 0.717) is 13.0 Å². The van der Waals surface area contributed by atoms with Crippen LogP contribution in [0.5, 0.6) is 0 Å². The number of carbonyl (C=O) groups excluding carboxylic acids is 1. The van der Waals surface area contributed by atoms with Crippen molar-refractivity contribution in [2.75, 3.05) is 33.7 Å². The number of alkyl halides is 4. The van der Waals surface area contributed by atoms with Crippen LogP contribution in [-0.4, -0.2) is 78.9 Å². The Hall–Kier alpha value is -0.780. The lowest BCUT2D eigenvalue weighted by Crippen LogP contribution is -2.73. The Morgan fingerprint density at radius 3 is 2.12 bits per heavy atom. The first kappa shape index (κ1) is 22.3. The van der Waals surface area contributed by atoms with Gasteiger partial charge in [0.15, 0.2) is 0 Å². The minimum absolute atomic E-state index is 0.0267. The van der Waals surface area contributed by atoms with Crippen LogP contribution < -0.4 is 0 Å². The summed E-state index contributed by atoms with van der Waals surface area (Å²) in [6.07, 6.45) is 0.310. The summed E-state index contributed by atoms with van der Waals surface area (Å²) in [4.78, 5) is 12.3. The van der Waals surface area contributed by atoms with Gasteiger partial charge in [-0.1, -0.05) is 6.92 Å². The number of rotatable bonds is 8. The highest BCUT2D eigenvalue weighted by molar-refractivity contribution is 7.86. The molecule has 0 radical (unpaired) electrons. The molecule has 1 fully saturated rings. The van der Waals surface area contributed by atoms with Crippen LogP contribution in [-0.2, 0) is 14.9 Å². The van der Waals surface area contributed by atoms with E-state index >= 15 is 0 Å². The molecule has 0 spiro atoms. The standard InChI is InChI=1S/C14H25F4N2O4S/c1-5-8-19(3,4)9-10-20(11(2)6-7-12(20)21)13(15,16)14(17,18)25(22,23)24/h11H,5-10H2,1-4H3/q+1/p+1. The molecule has 1 amide bonds. The topological polar surface area (TPSA) is 71.4 Å². The second-order valence-electron chi connectivity index (χ2n) is 7.29. The molecule has 6 nitrogen and oxygen atoms in total. The van der Waals surface area contributed by atoms with Crippen molar-refractivity contribution in [3.05, 3.63) is 0 Å². The molecule has 148 valence electrons. The number of hydrogen-bond donors (Lipinski definition) is 1. The van der Waals surface area contributed by atoms with Gasteiger partial charge in [0.2, 0.25) is 0 Å². The summed E-state index contributed by atoms with van der Waals surface area (Å²) in [5.41, 5.74) is 0. The third-order valence-electron chi connectivity index (χ3n) is 5.04. The molecule has 0 aromatic carbocycles. The molecule has 0 aromatic heterocycles. The smallest absolute Gasteiger partial charge is 0.324 e. The Kier molecular flexibility index (Phi) is 6.01. The molecule has 1 heterocycles. The van der Waals surface area contributed by atoms with E-state index in [1.54, 1.807) is 14.1 Å². The Bertz CT molecular complexity index is 624. The highest BCUT2D eigenvalue weighted by Gasteiger charge is 2.81. The van der Waals surface area contributed by atoms with Gasteiger partial charge in [-0.25, -0.2) is 4.79 Å². The van der Waals surface area contributed by atoms with Crippen LogP contribution >= 0.6 is 0 Å². The summed E-state index contributed by atoms with van der Waals surface area (Å²) in [6, 6.07) is -6.48. The van der Waals surface area contributed by atoms with E-state index in [4.69, 9.17) is 4.55 Å². The zero-order valence-corrected chi connectivity index (χ0v) is 15.6. The van der Waals surface area contributed by atoms with Crippen LogP contribution in [0.15, 0.2) is 0 Å². The minimum atomic E-state index is -6.40.